The Balaban J connectivity index is 1.94. The van der Waals surface area contributed by atoms with Crippen molar-refractivity contribution in [1.82, 2.24) is 10.6 Å². The molecule has 0 fully saturated rings. The fourth-order valence-electron chi connectivity index (χ4n) is 3.26. The molecule has 1 aliphatic heterocycles. The number of benzene rings is 2. The molecule has 0 aliphatic carbocycles. The first-order valence-corrected chi connectivity index (χ1v) is 9.23. The van der Waals surface area contributed by atoms with Crippen LogP contribution < -0.4 is 20.7 Å². The number of urea groups is 1. The highest BCUT2D eigenvalue weighted by atomic mass is 16.5. The normalized spacial score (nSPS) is 16.5. The molecule has 2 aromatic rings. The topological polar surface area (TPSA) is 79.5 Å². The van der Waals surface area contributed by atoms with Gasteiger partial charge in [0.1, 0.15) is 5.75 Å². The fraction of sp³-hybridized carbons (Fsp3) is 0.273. The molecule has 0 bridgehead atoms. The first-order chi connectivity index (χ1) is 13.4. The van der Waals surface area contributed by atoms with Crippen LogP contribution in [0, 0.1) is 0 Å². The molecule has 0 saturated heterocycles. The first kappa shape index (κ1) is 19.5. The second-order valence-electron chi connectivity index (χ2n) is 7.05. The van der Waals surface area contributed by atoms with E-state index in [1.54, 1.807) is 26.2 Å². The highest BCUT2D eigenvalue weighted by Crippen LogP contribution is 2.30. The van der Waals surface area contributed by atoms with E-state index in [-0.39, 0.29) is 11.9 Å². The molecule has 6 heteroatoms. The van der Waals surface area contributed by atoms with Crippen LogP contribution in [0.25, 0.3) is 0 Å². The minimum absolute atomic E-state index is 0.299. The van der Waals surface area contributed by atoms with Crippen molar-refractivity contribution in [3.8, 4) is 5.75 Å². The maximum atomic E-state index is 13.1. The SMILES string of the molecule is COc1ccccc1NC(=O)C1=C(C)NC(=O)N[C@@H]1c1ccc(C(C)C)cc1. The number of hydrogen-bond acceptors (Lipinski definition) is 3. The summed E-state index contributed by atoms with van der Waals surface area (Å²) in [5.41, 5.74) is 3.60. The Bertz CT molecular complexity index is 917. The lowest BCUT2D eigenvalue weighted by Crippen LogP contribution is -2.46. The van der Waals surface area contributed by atoms with Gasteiger partial charge in [-0.15, -0.1) is 0 Å². The fourth-order valence-corrected chi connectivity index (χ4v) is 3.26. The van der Waals surface area contributed by atoms with Crippen LogP contribution in [0.3, 0.4) is 0 Å². The van der Waals surface area contributed by atoms with Gasteiger partial charge < -0.3 is 20.7 Å². The van der Waals surface area contributed by atoms with Gasteiger partial charge in [0, 0.05) is 5.70 Å². The Morgan fingerprint density at radius 1 is 1.11 bits per heavy atom. The van der Waals surface area contributed by atoms with Gasteiger partial charge in [-0.3, -0.25) is 4.79 Å². The summed E-state index contributed by atoms with van der Waals surface area (Å²) in [5.74, 6) is 0.675. The number of hydrogen-bond donors (Lipinski definition) is 3. The Labute approximate surface area is 165 Å². The number of nitrogens with one attached hydrogen (secondary N) is 3. The number of amides is 3. The molecule has 3 rings (SSSR count). The molecule has 3 amide bonds. The summed E-state index contributed by atoms with van der Waals surface area (Å²) in [6, 6.07) is 14.3. The van der Waals surface area contributed by atoms with Crippen LogP contribution in [0.5, 0.6) is 5.75 Å². The second kappa shape index (κ2) is 8.17. The van der Waals surface area contributed by atoms with Crippen LogP contribution in [0.4, 0.5) is 10.5 Å². The predicted octanol–water partition coefficient (Wildman–Crippen LogP) is 4.09. The molecule has 1 atom stereocenters. The number of para-hydroxylation sites is 2. The molecule has 0 spiro atoms. The van der Waals surface area contributed by atoms with Crippen LogP contribution >= 0.6 is 0 Å². The van der Waals surface area contributed by atoms with Gasteiger partial charge >= 0.3 is 6.03 Å². The van der Waals surface area contributed by atoms with E-state index in [0.717, 1.165) is 5.56 Å². The van der Waals surface area contributed by atoms with Gasteiger partial charge in [-0.1, -0.05) is 50.2 Å². The van der Waals surface area contributed by atoms with Crippen LogP contribution in [-0.4, -0.2) is 19.0 Å². The molecule has 28 heavy (non-hydrogen) atoms. The van der Waals surface area contributed by atoms with E-state index in [9.17, 15) is 9.59 Å². The van der Waals surface area contributed by atoms with Crippen LogP contribution in [-0.2, 0) is 4.79 Å². The smallest absolute Gasteiger partial charge is 0.319 e. The average Bonchev–Trinajstić information content (AvgIpc) is 2.67. The van der Waals surface area contributed by atoms with Crippen LogP contribution in [0.15, 0.2) is 59.8 Å². The lowest BCUT2D eigenvalue weighted by molar-refractivity contribution is -0.113. The quantitative estimate of drug-likeness (QED) is 0.732. The van der Waals surface area contributed by atoms with Crippen LogP contribution in [0.2, 0.25) is 0 Å². The Morgan fingerprint density at radius 2 is 1.79 bits per heavy atom. The molecule has 0 saturated carbocycles. The van der Waals surface area contributed by atoms with E-state index in [4.69, 9.17) is 4.74 Å². The lowest BCUT2D eigenvalue weighted by atomic mass is 9.92. The molecule has 0 radical (unpaired) electrons. The molecule has 6 nitrogen and oxygen atoms in total. The highest BCUT2D eigenvalue weighted by Gasteiger charge is 2.31. The Morgan fingerprint density at radius 3 is 2.43 bits per heavy atom. The zero-order valence-electron chi connectivity index (χ0n) is 16.5. The summed E-state index contributed by atoms with van der Waals surface area (Å²) in [5, 5.41) is 8.44. The lowest BCUT2D eigenvalue weighted by Gasteiger charge is -2.29. The number of allylic oxidation sites excluding steroid dienone is 1. The van der Waals surface area contributed by atoms with Gasteiger partial charge in [0.15, 0.2) is 0 Å². The molecule has 0 aromatic heterocycles. The molecule has 3 N–H and O–H groups in total. The van der Waals surface area contributed by atoms with E-state index >= 15 is 0 Å². The van der Waals surface area contributed by atoms with Crippen molar-refractivity contribution in [2.75, 3.05) is 12.4 Å². The van der Waals surface area contributed by atoms with Crippen molar-refractivity contribution < 1.29 is 14.3 Å². The first-order valence-electron chi connectivity index (χ1n) is 9.23. The third kappa shape index (κ3) is 4.01. The number of rotatable bonds is 5. The summed E-state index contributed by atoms with van der Waals surface area (Å²) >= 11 is 0. The van der Waals surface area contributed by atoms with Gasteiger partial charge in [0.25, 0.3) is 5.91 Å². The van der Waals surface area contributed by atoms with Gasteiger partial charge in [-0.05, 0) is 36.1 Å². The minimum atomic E-state index is -0.537. The molecular formula is C22H25N3O3. The number of methoxy groups -OCH3 is 1. The average molecular weight is 379 g/mol. The third-order valence-electron chi connectivity index (χ3n) is 4.81. The summed E-state index contributed by atoms with van der Waals surface area (Å²) in [6.07, 6.45) is 0. The number of anilines is 1. The number of carbonyl (C=O) groups is 2. The van der Waals surface area contributed by atoms with Crippen molar-refractivity contribution in [1.29, 1.82) is 0 Å². The zero-order chi connectivity index (χ0) is 20.3. The van der Waals surface area contributed by atoms with Crippen LogP contribution in [0.1, 0.15) is 43.9 Å². The predicted molar refractivity (Wildman–Crippen MR) is 109 cm³/mol. The van der Waals surface area contributed by atoms with Gasteiger partial charge in [0.05, 0.1) is 24.4 Å². The third-order valence-corrected chi connectivity index (χ3v) is 4.81. The summed E-state index contributed by atoms with van der Waals surface area (Å²) < 4.78 is 5.31. The van der Waals surface area contributed by atoms with Crippen molar-refractivity contribution >= 4 is 17.6 Å². The number of carbonyl (C=O) groups excluding carboxylic acids is 2. The van der Waals surface area contributed by atoms with Crippen molar-refractivity contribution in [2.45, 2.75) is 32.7 Å². The van der Waals surface area contributed by atoms with E-state index < -0.39 is 6.04 Å². The van der Waals surface area contributed by atoms with E-state index in [1.165, 1.54) is 5.56 Å². The van der Waals surface area contributed by atoms with Gasteiger partial charge in [0.2, 0.25) is 0 Å². The Hall–Kier alpha value is -3.28. The molecule has 1 aliphatic rings. The monoisotopic (exact) mass is 379 g/mol. The van der Waals surface area contributed by atoms with Gasteiger partial charge in [-0.2, -0.15) is 0 Å². The summed E-state index contributed by atoms with van der Waals surface area (Å²) in [4.78, 5) is 25.1. The number of ether oxygens (including phenoxy) is 1. The standard InChI is InChI=1S/C22H25N3O3/c1-13(2)15-9-11-16(12-10-15)20-19(14(3)23-22(27)25-20)21(26)24-17-7-5-6-8-18(17)28-4/h5-13,20H,1-4H3,(H,24,26)(H2,23,25,27)/t20-/m1/s1. The summed E-state index contributed by atoms with van der Waals surface area (Å²) in [7, 11) is 1.55. The van der Waals surface area contributed by atoms with Crippen molar-refractivity contribution in [3.63, 3.8) is 0 Å². The molecular weight excluding hydrogens is 354 g/mol. The molecule has 2 aromatic carbocycles. The second-order valence-corrected chi connectivity index (χ2v) is 7.05. The van der Waals surface area contributed by atoms with E-state index in [2.05, 4.69) is 29.8 Å². The zero-order valence-corrected chi connectivity index (χ0v) is 16.5. The van der Waals surface area contributed by atoms with E-state index in [0.29, 0.717) is 28.6 Å². The largest absolute Gasteiger partial charge is 0.495 e. The molecule has 1 heterocycles. The van der Waals surface area contributed by atoms with E-state index in [1.807, 2.05) is 36.4 Å². The van der Waals surface area contributed by atoms with Crippen molar-refractivity contribution in [2.24, 2.45) is 0 Å². The minimum Gasteiger partial charge on any atom is -0.495 e. The molecule has 0 unspecified atom stereocenters. The summed E-state index contributed by atoms with van der Waals surface area (Å²) in [6.45, 7) is 5.97. The molecule has 146 valence electrons. The Kier molecular flexibility index (Phi) is 5.68. The highest BCUT2D eigenvalue weighted by molar-refractivity contribution is 6.07. The maximum absolute atomic E-state index is 13.1. The maximum Gasteiger partial charge on any atom is 0.319 e. The van der Waals surface area contributed by atoms with Crippen molar-refractivity contribution in [3.05, 3.63) is 70.9 Å². The van der Waals surface area contributed by atoms with Gasteiger partial charge in [-0.25, -0.2) is 4.79 Å².